The normalized spacial score (nSPS) is 13.1. The molecule has 0 aliphatic rings. The summed E-state index contributed by atoms with van der Waals surface area (Å²) in [7, 11) is -1.99. The molecular weight excluding hydrogens is 242 g/mol. The lowest BCUT2D eigenvalue weighted by Gasteiger charge is -2.19. The minimum Gasteiger partial charge on any atom is -0.281 e. The van der Waals surface area contributed by atoms with Crippen molar-refractivity contribution >= 4 is 10.0 Å². The van der Waals surface area contributed by atoms with Crippen LogP contribution in [0.5, 0.6) is 0 Å². The average molecular weight is 261 g/mol. The van der Waals surface area contributed by atoms with Crippen LogP contribution in [0.3, 0.4) is 0 Å². The number of hydrogen-bond acceptors (Lipinski definition) is 4. The summed E-state index contributed by atoms with van der Waals surface area (Å²) in [6.07, 6.45) is 0. The Morgan fingerprint density at radius 3 is 2.18 bits per heavy atom. The fraction of sp³-hybridized carbons (Fsp3) is 0.700. The van der Waals surface area contributed by atoms with Crippen LogP contribution in [0.25, 0.3) is 0 Å². The third kappa shape index (κ3) is 3.27. The predicted octanol–water partition coefficient (Wildman–Crippen LogP) is 1.05. The first-order valence-electron chi connectivity index (χ1n) is 5.24. The molecule has 1 rings (SSSR count). The number of aromatic nitrogens is 2. The first kappa shape index (κ1) is 14.1. The zero-order valence-corrected chi connectivity index (χ0v) is 11.8. The van der Waals surface area contributed by atoms with Crippen molar-refractivity contribution in [3.05, 3.63) is 11.4 Å². The minimum atomic E-state index is -3.69. The predicted molar refractivity (Wildman–Crippen MR) is 63.8 cm³/mol. The van der Waals surface area contributed by atoms with E-state index in [0.29, 0.717) is 11.4 Å². The van der Waals surface area contributed by atoms with Crippen LogP contribution in [0, 0.1) is 13.8 Å². The van der Waals surface area contributed by atoms with Gasteiger partial charge in [-0.2, -0.15) is 5.10 Å². The molecule has 0 spiro atoms. The molecule has 0 aliphatic carbocycles. The molecule has 1 N–H and O–H groups in total. The van der Waals surface area contributed by atoms with Gasteiger partial charge in [-0.15, -0.1) is 0 Å². The van der Waals surface area contributed by atoms with Crippen LogP contribution in [0.4, 0.5) is 0 Å². The van der Waals surface area contributed by atoms with Crippen molar-refractivity contribution in [3.63, 3.8) is 0 Å². The zero-order chi connectivity index (χ0) is 13.4. The zero-order valence-electron chi connectivity index (χ0n) is 11.0. The largest absolute Gasteiger partial charge is 0.281 e. The van der Waals surface area contributed by atoms with Crippen molar-refractivity contribution < 1.29 is 13.3 Å². The molecule has 17 heavy (non-hydrogen) atoms. The Morgan fingerprint density at radius 2 is 1.82 bits per heavy atom. The quantitative estimate of drug-likeness (QED) is 0.825. The Balaban J connectivity index is 3.06. The highest BCUT2D eigenvalue weighted by Crippen LogP contribution is 2.19. The fourth-order valence-corrected chi connectivity index (χ4v) is 2.76. The number of rotatable bonds is 3. The van der Waals surface area contributed by atoms with Gasteiger partial charge in [-0.25, -0.2) is 8.42 Å². The van der Waals surface area contributed by atoms with E-state index in [-0.39, 0.29) is 4.90 Å². The van der Waals surface area contributed by atoms with Gasteiger partial charge < -0.3 is 0 Å². The Morgan fingerprint density at radius 1 is 1.29 bits per heavy atom. The summed E-state index contributed by atoms with van der Waals surface area (Å²) < 4.78 is 25.6. The molecule has 0 bridgehead atoms. The van der Waals surface area contributed by atoms with Crippen LogP contribution in [-0.2, 0) is 21.9 Å². The summed E-state index contributed by atoms with van der Waals surface area (Å²) in [4.78, 5) is 7.39. The number of aryl methyl sites for hydroxylation is 2. The maximum absolute atomic E-state index is 12.0. The molecule has 6 nitrogen and oxygen atoms in total. The molecule has 0 unspecified atom stereocenters. The molecule has 1 heterocycles. The first-order valence-corrected chi connectivity index (χ1v) is 6.73. The molecule has 0 fully saturated rings. The third-order valence-corrected chi connectivity index (χ3v) is 3.60. The van der Waals surface area contributed by atoms with Gasteiger partial charge in [-0.05, 0) is 34.6 Å². The Kier molecular flexibility index (Phi) is 3.66. The number of hydrogen-bond donors (Lipinski definition) is 1. The van der Waals surface area contributed by atoms with Crippen LogP contribution in [0.15, 0.2) is 4.90 Å². The Labute approximate surface area is 102 Å². The second kappa shape index (κ2) is 4.40. The number of sulfonamides is 1. The molecule has 0 atom stereocenters. The van der Waals surface area contributed by atoms with Crippen molar-refractivity contribution in [1.82, 2.24) is 14.7 Å². The van der Waals surface area contributed by atoms with E-state index in [0.717, 1.165) is 0 Å². The lowest BCUT2D eigenvalue weighted by molar-refractivity contribution is -0.0358. The smallest absolute Gasteiger partial charge is 0.266 e. The monoisotopic (exact) mass is 261 g/mol. The first-order chi connectivity index (χ1) is 7.54. The highest BCUT2D eigenvalue weighted by atomic mass is 32.2. The molecule has 98 valence electrons. The van der Waals surface area contributed by atoms with Gasteiger partial charge in [-0.1, -0.05) is 4.89 Å². The molecule has 7 heteroatoms. The van der Waals surface area contributed by atoms with Gasteiger partial charge in [0.15, 0.2) is 0 Å². The van der Waals surface area contributed by atoms with Crippen molar-refractivity contribution in [1.29, 1.82) is 0 Å². The van der Waals surface area contributed by atoms with Gasteiger partial charge in [0, 0.05) is 7.05 Å². The van der Waals surface area contributed by atoms with Gasteiger partial charge in [0.05, 0.1) is 17.0 Å². The molecule has 1 aromatic heterocycles. The molecule has 0 saturated heterocycles. The summed E-state index contributed by atoms with van der Waals surface area (Å²) in [5, 5.41) is 4.06. The van der Waals surface area contributed by atoms with Crippen LogP contribution in [-0.4, -0.2) is 23.8 Å². The lowest BCUT2D eigenvalue weighted by atomic mass is 10.2. The molecule has 0 aliphatic heterocycles. The number of nitrogens with one attached hydrogen (secondary N) is 1. The van der Waals surface area contributed by atoms with Crippen molar-refractivity contribution in [2.24, 2.45) is 7.05 Å². The second-order valence-corrected chi connectivity index (χ2v) is 6.51. The Hall–Kier alpha value is -0.920. The van der Waals surface area contributed by atoms with Crippen molar-refractivity contribution in [3.8, 4) is 0 Å². The SMILES string of the molecule is Cc1nn(C)c(C)c1S(=O)(=O)NOC(C)(C)C. The van der Waals surface area contributed by atoms with Crippen LogP contribution in [0.1, 0.15) is 32.2 Å². The van der Waals surface area contributed by atoms with Crippen molar-refractivity contribution in [2.75, 3.05) is 0 Å². The molecule has 0 amide bonds. The second-order valence-electron chi connectivity index (χ2n) is 4.92. The van der Waals surface area contributed by atoms with E-state index in [1.165, 1.54) is 4.68 Å². The van der Waals surface area contributed by atoms with E-state index in [9.17, 15) is 8.42 Å². The van der Waals surface area contributed by atoms with E-state index in [4.69, 9.17) is 4.84 Å². The molecule has 0 saturated carbocycles. The maximum Gasteiger partial charge on any atom is 0.266 e. The van der Waals surface area contributed by atoms with Gasteiger partial charge in [0.25, 0.3) is 10.0 Å². The minimum absolute atomic E-state index is 0.171. The summed E-state index contributed by atoms with van der Waals surface area (Å²) in [6, 6.07) is 0. The van der Waals surface area contributed by atoms with Gasteiger partial charge in [0.2, 0.25) is 0 Å². The van der Waals surface area contributed by atoms with E-state index in [2.05, 4.69) is 9.98 Å². The van der Waals surface area contributed by atoms with Crippen LogP contribution < -0.4 is 4.89 Å². The van der Waals surface area contributed by atoms with Crippen LogP contribution >= 0.6 is 0 Å². The molecular formula is C10H19N3O3S. The van der Waals surface area contributed by atoms with E-state index < -0.39 is 15.6 Å². The van der Waals surface area contributed by atoms with Crippen molar-refractivity contribution in [2.45, 2.75) is 45.1 Å². The average Bonchev–Trinajstić information content (AvgIpc) is 2.37. The molecule has 0 aromatic carbocycles. The van der Waals surface area contributed by atoms with Gasteiger partial charge in [-0.3, -0.25) is 9.52 Å². The van der Waals surface area contributed by atoms with Gasteiger partial charge >= 0.3 is 0 Å². The highest BCUT2D eigenvalue weighted by molar-refractivity contribution is 7.89. The van der Waals surface area contributed by atoms with E-state index in [1.807, 2.05) is 0 Å². The Bertz CT molecular complexity index is 512. The van der Waals surface area contributed by atoms with E-state index >= 15 is 0 Å². The molecule has 1 aromatic rings. The summed E-state index contributed by atoms with van der Waals surface area (Å²) >= 11 is 0. The summed E-state index contributed by atoms with van der Waals surface area (Å²) in [5.41, 5.74) is 0.444. The summed E-state index contributed by atoms with van der Waals surface area (Å²) in [5.74, 6) is 0. The van der Waals surface area contributed by atoms with E-state index in [1.54, 1.807) is 41.7 Å². The maximum atomic E-state index is 12.0. The fourth-order valence-electron chi connectivity index (χ4n) is 1.36. The van der Waals surface area contributed by atoms with Gasteiger partial charge in [0.1, 0.15) is 4.90 Å². The topological polar surface area (TPSA) is 73.2 Å². The molecule has 0 radical (unpaired) electrons. The summed E-state index contributed by atoms with van der Waals surface area (Å²) in [6.45, 7) is 8.64. The number of nitrogens with zero attached hydrogens (tertiary/aromatic N) is 2. The third-order valence-electron chi connectivity index (χ3n) is 2.17. The lowest BCUT2D eigenvalue weighted by Crippen LogP contribution is -2.34. The standard InChI is InChI=1S/C10H19N3O3S/c1-7-9(8(2)13(6)11-7)17(14,15)12-16-10(3,4)5/h12H,1-6H3. The highest BCUT2D eigenvalue weighted by Gasteiger charge is 2.25. The van der Waals surface area contributed by atoms with Crippen LogP contribution in [0.2, 0.25) is 0 Å².